The van der Waals surface area contributed by atoms with Crippen molar-refractivity contribution in [3.05, 3.63) is 23.8 Å². The van der Waals surface area contributed by atoms with Crippen LogP contribution >= 0.6 is 0 Å². The maximum absolute atomic E-state index is 4.50. The molecule has 70 valence electrons. The van der Waals surface area contributed by atoms with Gasteiger partial charge in [-0.3, -0.25) is 0 Å². The van der Waals surface area contributed by atoms with E-state index in [1.54, 1.807) is 0 Å². The van der Waals surface area contributed by atoms with Gasteiger partial charge in [-0.1, -0.05) is 6.92 Å². The minimum absolute atomic E-state index is 0.654. The summed E-state index contributed by atoms with van der Waals surface area (Å²) in [5.41, 5.74) is 1.11. The van der Waals surface area contributed by atoms with Gasteiger partial charge in [-0.25, -0.2) is 9.97 Å². The molecule has 2 rings (SSSR count). The smallest absolute Gasteiger partial charge is 0.131 e. The predicted molar refractivity (Wildman–Crippen MR) is 51.4 cm³/mol. The van der Waals surface area contributed by atoms with E-state index in [-0.39, 0.29) is 0 Å². The van der Waals surface area contributed by atoms with Gasteiger partial charge in [0.25, 0.3) is 0 Å². The summed E-state index contributed by atoms with van der Waals surface area (Å²) in [4.78, 5) is 8.77. The molecule has 0 amide bonds. The van der Waals surface area contributed by atoms with Crippen molar-refractivity contribution in [2.75, 3.05) is 6.54 Å². The van der Waals surface area contributed by atoms with Crippen LogP contribution in [0.1, 0.15) is 37.2 Å². The lowest BCUT2D eigenvalue weighted by atomic mass is 10.3. The molecule has 0 radical (unpaired) electrons. The van der Waals surface area contributed by atoms with E-state index in [0.717, 1.165) is 24.6 Å². The Balaban J connectivity index is 2.03. The van der Waals surface area contributed by atoms with E-state index >= 15 is 0 Å². The number of hydrogen-bond acceptors (Lipinski definition) is 3. The highest BCUT2D eigenvalue weighted by Crippen LogP contribution is 2.37. The Morgan fingerprint density at radius 3 is 3.08 bits per heavy atom. The molecule has 0 aliphatic heterocycles. The van der Waals surface area contributed by atoms with Gasteiger partial charge in [0, 0.05) is 18.7 Å². The average Bonchev–Trinajstić information content (AvgIpc) is 2.98. The Labute approximate surface area is 78.6 Å². The highest BCUT2D eigenvalue weighted by molar-refractivity contribution is 5.09. The highest BCUT2D eigenvalue weighted by atomic mass is 14.9. The van der Waals surface area contributed by atoms with Gasteiger partial charge in [-0.15, -0.1) is 0 Å². The van der Waals surface area contributed by atoms with Crippen molar-refractivity contribution < 1.29 is 0 Å². The van der Waals surface area contributed by atoms with Crippen molar-refractivity contribution in [3.8, 4) is 0 Å². The molecule has 1 aliphatic carbocycles. The molecule has 1 saturated carbocycles. The first-order chi connectivity index (χ1) is 6.40. The fourth-order valence-corrected chi connectivity index (χ4v) is 1.30. The number of aromatic nitrogens is 2. The molecule has 3 nitrogen and oxygen atoms in total. The van der Waals surface area contributed by atoms with Crippen molar-refractivity contribution in [2.45, 2.75) is 32.2 Å². The van der Waals surface area contributed by atoms with Crippen molar-refractivity contribution in [1.82, 2.24) is 15.3 Å². The monoisotopic (exact) mass is 177 g/mol. The lowest BCUT2D eigenvalue weighted by Gasteiger charge is -2.02. The summed E-state index contributed by atoms with van der Waals surface area (Å²) in [6, 6.07) is 1.98. The zero-order chi connectivity index (χ0) is 9.10. The maximum Gasteiger partial charge on any atom is 0.131 e. The lowest BCUT2D eigenvalue weighted by Crippen LogP contribution is -2.13. The third kappa shape index (κ3) is 2.25. The summed E-state index contributed by atoms with van der Waals surface area (Å²) >= 11 is 0. The maximum atomic E-state index is 4.50. The van der Waals surface area contributed by atoms with Crippen LogP contribution < -0.4 is 5.32 Å². The molecule has 0 spiro atoms. The van der Waals surface area contributed by atoms with E-state index in [1.165, 1.54) is 12.8 Å². The van der Waals surface area contributed by atoms with Gasteiger partial charge in [0.05, 0.1) is 5.69 Å². The molecule has 1 heterocycles. The number of nitrogens with one attached hydrogen (secondary N) is 1. The van der Waals surface area contributed by atoms with Crippen molar-refractivity contribution >= 4 is 0 Å². The number of hydrogen-bond donors (Lipinski definition) is 1. The van der Waals surface area contributed by atoms with Crippen molar-refractivity contribution in [1.29, 1.82) is 0 Å². The minimum atomic E-state index is 0.654. The van der Waals surface area contributed by atoms with Crippen LogP contribution in [-0.2, 0) is 6.54 Å². The van der Waals surface area contributed by atoms with E-state index in [0.29, 0.717) is 5.92 Å². The summed E-state index contributed by atoms with van der Waals surface area (Å²) in [5, 5.41) is 3.26. The van der Waals surface area contributed by atoms with Crippen LogP contribution in [0.4, 0.5) is 0 Å². The Morgan fingerprint density at radius 1 is 1.54 bits per heavy atom. The van der Waals surface area contributed by atoms with Crippen LogP contribution in [-0.4, -0.2) is 16.5 Å². The summed E-state index contributed by atoms with van der Waals surface area (Å²) in [6.07, 6.45) is 4.41. The molecule has 1 aromatic heterocycles. The first kappa shape index (κ1) is 8.63. The zero-order valence-electron chi connectivity index (χ0n) is 7.95. The molecule has 1 aliphatic rings. The fraction of sp³-hybridized carbons (Fsp3) is 0.600. The average molecular weight is 177 g/mol. The minimum Gasteiger partial charge on any atom is -0.311 e. The highest BCUT2D eigenvalue weighted by Gasteiger charge is 2.26. The van der Waals surface area contributed by atoms with Gasteiger partial charge in [0.15, 0.2) is 0 Å². The third-order valence-corrected chi connectivity index (χ3v) is 2.23. The van der Waals surface area contributed by atoms with Gasteiger partial charge in [-0.2, -0.15) is 0 Å². The Kier molecular flexibility index (Phi) is 2.54. The van der Waals surface area contributed by atoms with E-state index in [1.807, 2.05) is 12.3 Å². The van der Waals surface area contributed by atoms with E-state index < -0.39 is 0 Å². The Hall–Kier alpha value is -0.960. The molecule has 1 aromatic rings. The third-order valence-electron chi connectivity index (χ3n) is 2.23. The molecule has 1 N–H and O–H groups in total. The molecule has 0 bridgehead atoms. The van der Waals surface area contributed by atoms with Gasteiger partial charge in [0.1, 0.15) is 5.82 Å². The normalized spacial score (nSPS) is 16.1. The Bertz CT molecular complexity index is 281. The summed E-state index contributed by atoms with van der Waals surface area (Å²) in [5.74, 6) is 1.69. The van der Waals surface area contributed by atoms with Gasteiger partial charge < -0.3 is 5.32 Å². The summed E-state index contributed by atoms with van der Waals surface area (Å²) in [6.45, 7) is 3.95. The molecule has 0 atom stereocenters. The van der Waals surface area contributed by atoms with Crippen LogP contribution in [0.5, 0.6) is 0 Å². The van der Waals surface area contributed by atoms with E-state index in [4.69, 9.17) is 0 Å². The van der Waals surface area contributed by atoms with E-state index in [2.05, 4.69) is 22.2 Å². The molecule has 3 heteroatoms. The largest absolute Gasteiger partial charge is 0.311 e. The molecular weight excluding hydrogens is 162 g/mol. The van der Waals surface area contributed by atoms with Crippen molar-refractivity contribution in [2.24, 2.45) is 0 Å². The molecule has 0 aromatic carbocycles. The predicted octanol–water partition coefficient (Wildman–Crippen LogP) is 1.46. The SMILES string of the molecule is CCNCc1ccnc(C2CC2)n1. The first-order valence-electron chi connectivity index (χ1n) is 4.92. The van der Waals surface area contributed by atoms with Crippen LogP contribution in [0.2, 0.25) is 0 Å². The van der Waals surface area contributed by atoms with Crippen LogP contribution in [0.25, 0.3) is 0 Å². The van der Waals surface area contributed by atoms with Crippen LogP contribution in [0.15, 0.2) is 12.3 Å². The van der Waals surface area contributed by atoms with Crippen LogP contribution in [0.3, 0.4) is 0 Å². The molecule has 0 unspecified atom stereocenters. The second kappa shape index (κ2) is 3.83. The Morgan fingerprint density at radius 2 is 2.38 bits per heavy atom. The number of rotatable bonds is 4. The first-order valence-corrected chi connectivity index (χ1v) is 4.92. The van der Waals surface area contributed by atoms with Gasteiger partial charge >= 0.3 is 0 Å². The molecule has 1 fully saturated rings. The van der Waals surface area contributed by atoms with E-state index in [9.17, 15) is 0 Å². The zero-order valence-corrected chi connectivity index (χ0v) is 7.95. The summed E-state index contributed by atoms with van der Waals surface area (Å²) < 4.78 is 0. The summed E-state index contributed by atoms with van der Waals surface area (Å²) in [7, 11) is 0. The topological polar surface area (TPSA) is 37.8 Å². The second-order valence-electron chi connectivity index (χ2n) is 3.46. The second-order valence-corrected chi connectivity index (χ2v) is 3.46. The quantitative estimate of drug-likeness (QED) is 0.756. The van der Waals surface area contributed by atoms with Crippen molar-refractivity contribution in [3.63, 3.8) is 0 Å². The molecule has 13 heavy (non-hydrogen) atoms. The van der Waals surface area contributed by atoms with Gasteiger partial charge in [-0.05, 0) is 25.5 Å². The standard InChI is InChI=1S/C10H15N3/c1-2-11-7-9-5-6-12-10(13-9)8-3-4-8/h5-6,8,11H,2-4,7H2,1H3. The lowest BCUT2D eigenvalue weighted by molar-refractivity contribution is 0.700. The fourth-order valence-electron chi connectivity index (χ4n) is 1.30. The van der Waals surface area contributed by atoms with Gasteiger partial charge in [0.2, 0.25) is 0 Å². The van der Waals surface area contributed by atoms with Crippen LogP contribution in [0, 0.1) is 0 Å². The molecular formula is C10H15N3. The molecule has 0 saturated heterocycles. The number of nitrogens with zero attached hydrogens (tertiary/aromatic N) is 2.